The molecule has 0 amide bonds. The summed E-state index contributed by atoms with van der Waals surface area (Å²) in [5.74, 6) is -0.422. The summed E-state index contributed by atoms with van der Waals surface area (Å²) in [6, 6.07) is 22.0. The summed E-state index contributed by atoms with van der Waals surface area (Å²) in [6.07, 6.45) is 2.99. The van der Waals surface area contributed by atoms with Gasteiger partial charge < -0.3 is 15.1 Å². The highest BCUT2D eigenvalue weighted by molar-refractivity contribution is 6.30. The molecule has 33 heavy (non-hydrogen) atoms. The summed E-state index contributed by atoms with van der Waals surface area (Å²) >= 11 is 5.85. The topological polar surface area (TPSA) is 31.4 Å². The third-order valence-electron chi connectivity index (χ3n) is 6.40. The zero-order valence-electron chi connectivity index (χ0n) is 18.7. The van der Waals surface area contributed by atoms with E-state index >= 15 is 0 Å². The molecule has 2 heterocycles. The van der Waals surface area contributed by atoms with Gasteiger partial charge in [-0.25, -0.2) is 4.39 Å². The minimum atomic E-state index is -0.422. The van der Waals surface area contributed by atoms with Crippen LogP contribution in [-0.4, -0.2) is 43.1 Å². The molecule has 5 rings (SSSR count). The standard InChI is InChI=1S/C27H26ClFN4/c1-32(2)22-12-14-33(17-22)21-7-5-20(6-8-21)31-27-11-13-30-26-10-4-18(15-23(26)27)19-3-9-24(28)25(29)16-19/h3-11,13,15-16,22H,12,14,17H2,1-2H3,(H,30,31). The molecule has 6 heteroatoms. The lowest BCUT2D eigenvalue weighted by molar-refractivity contribution is 0.315. The van der Waals surface area contributed by atoms with Gasteiger partial charge in [-0.3, -0.25) is 4.98 Å². The molecular formula is C27H26ClFN4. The van der Waals surface area contributed by atoms with Crippen LogP contribution in [-0.2, 0) is 0 Å². The molecule has 0 aliphatic carbocycles. The van der Waals surface area contributed by atoms with Crippen LogP contribution >= 0.6 is 11.6 Å². The zero-order valence-corrected chi connectivity index (χ0v) is 19.5. The second kappa shape index (κ2) is 9.00. The lowest BCUT2D eigenvalue weighted by atomic mass is 10.0. The van der Waals surface area contributed by atoms with Crippen LogP contribution < -0.4 is 10.2 Å². The van der Waals surface area contributed by atoms with E-state index in [0.717, 1.165) is 46.5 Å². The molecule has 1 N–H and O–H groups in total. The summed E-state index contributed by atoms with van der Waals surface area (Å²) in [6.45, 7) is 2.14. The van der Waals surface area contributed by atoms with E-state index in [1.54, 1.807) is 12.3 Å². The number of hydrogen-bond acceptors (Lipinski definition) is 4. The van der Waals surface area contributed by atoms with Crippen molar-refractivity contribution in [2.24, 2.45) is 0 Å². The Labute approximate surface area is 198 Å². The Kier molecular flexibility index (Phi) is 5.92. The Bertz CT molecular complexity index is 1290. The summed E-state index contributed by atoms with van der Waals surface area (Å²) in [5, 5.41) is 4.63. The molecule has 1 saturated heterocycles. The molecular weight excluding hydrogens is 435 g/mol. The number of nitrogens with one attached hydrogen (secondary N) is 1. The Morgan fingerprint density at radius 3 is 2.48 bits per heavy atom. The predicted molar refractivity (Wildman–Crippen MR) is 136 cm³/mol. The average Bonchev–Trinajstić information content (AvgIpc) is 3.32. The quantitative estimate of drug-likeness (QED) is 0.364. The first-order valence-corrected chi connectivity index (χ1v) is 11.5. The molecule has 1 aromatic heterocycles. The Morgan fingerprint density at radius 2 is 1.76 bits per heavy atom. The third kappa shape index (κ3) is 4.52. The molecule has 1 unspecified atom stereocenters. The molecule has 4 aromatic rings. The Balaban J connectivity index is 1.40. The van der Waals surface area contributed by atoms with Gasteiger partial charge >= 0.3 is 0 Å². The van der Waals surface area contributed by atoms with Crippen molar-refractivity contribution in [3.63, 3.8) is 0 Å². The minimum absolute atomic E-state index is 0.123. The van der Waals surface area contributed by atoms with Crippen LogP contribution in [0.3, 0.4) is 0 Å². The molecule has 168 valence electrons. The van der Waals surface area contributed by atoms with Gasteiger partial charge in [0, 0.05) is 47.8 Å². The van der Waals surface area contributed by atoms with Crippen LogP contribution in [0.25, 0.3) is 22.0 Å². The second-order valence-electron chi connectivity index (χ2n) is 8.74. The Morgan fingerprint density at radius 1 is 1.00 bits per heavy atom. The van der Waals surface area contributed by atoms with Crippen LogP contribution in [0.4, 0.5) is 21.5 Å². The van der Waals surface area contributed by atoms with Gasteiger partial charge in [0.25, 0.3) is 0 Å². The maximum atomic E-state index is 14.0. The van der Waals surface area contributed by atoms with E-state index in [2.05, 4.69) is 58.5 Å². The lowest BCUT2D eigenvalue weighted by Crippen LogP contribution is -2.31. The molecule has 1 fully saturated rings. The smallest absolute Gasteiger partial charge is 0.142 e. The van der Waals surface area contributed by atoms with Crippen molar-refractivity contribution >= 4 is 39.6 Å². The highest BCUT2D eigenvalue weighted by Gasteiger charge is 2.23. The maximum Gasteiger partial charge on any atom is 0.142 e. The third-order valence-corrected chi connectivity index (χ3v) is 6.71. The van der Waals surface area contributed by atoms with E-state index in [1.807, 2.05) is 30.3 Å². The van der Waals surface area contributed by atoms with Crippen molar-refractivity contribution in [3.05, 3.63) is 83.8 Å². The molecule has 0 bridgehead atoms. The number of nitrogens with zero attached hydrogens (tertiary/aromatic N) is 3. The minimum Gasteiger partial charge on any atom is -0.370 e. The first kappa shape index (κ1) is 21.7. The number of aromatic nitrogens is 1. The van der Waals surface area contributed by atoms with Gasteiger partial charge in [0.1, 0.15) is 5.82 Å². The predicted octanol–water partition coefficient (Wildman–Crippen LogP) is 6.58. The molecule has 0 radical (unpaired) electrons. The number of anilines is 3. The van der Waals surface area contributed by atoms with E-state index < -0.39 is 5.82 Å². The fourth-order valence-electron chi connectivity index (χ4n) is 4.42. The summed E-state index contributed by atoms with van der Waals surface area (Å²) < 4.78 is 14.0. The van der Waals surface area contributed by atoms with Crippen molar-refractivity contribution < 1.29 is 4.39 Å². The molecule has 1 aliphatic heterocycles. The van der Waals surface area contributed by atoms with Crippen molar-refractivity contribution in [1.82, 2.24) is 9.88 Å². The average molecular weight is 461 g/mol. The fraction of sp³-hybridized carbons (Fsp3) is 0.222. The lowest BCUT2D eigenvalue weighted by Gasteiger charge is -2.22. The maximum absolute atomic E-state index is 14.0. The van der Waals surface area contributed by atoms with E-state index in [0.29, 0.717) is 6.04 Å². The van der Waals surface area contributed by atoms with Crippen LogP contribution in [0, 0.1) is 5.82 Å². The number of fused-ring (bicyclic) bond motifs is 1. The largest absolute Gasteiger partial charge is 0.370 e. The second-order valence-corrected chi connectivity index (χ2v) is 9.15. The van der Waals surface area contributed by atoms with Gasteiger partial charge in [-0.1, -0.05) is 23.7 Å². The van der Waals surface area contributed by atoms with Crippen LogP contribution in [0.2, 0.25) is 5.02 Å². The monoisotopic (exact) mass is 460 g/mol. The number of benzene rings is 3. The number of likely N-dealkylation sites (N-methyl/N-ethyl adjacent to an activating group) is 1. The van der Waals surface area contributed by atoms with Crippen LogP contribution in [0.1, 0.15) is 6.42 Å². The SMILES string of the molecule is CN(C)C1CCN(c2ccc(Nc3ccnc4ccc(-c5ccc(Cl)c(F)c5)cc34)cc2)C1. The van der Waals surface area contributed by atoms with Gasteiger partial charge in [0.2, 0.25) is 0 Å². The number of hydrogen-bond donors (Lipinski definition) is 1. The molecule has 0 spiro atoms. The molecule has 0 saturated carbocycles. The van der Waals surface area contributed by atoms with Gasteiger partial charge in [-0.2, -0.15) is 0 Å². The van der Waals surface area contributed by atoms with Crippen molar-refractivity contribution in [1.29, 1.82) is 0 Å². The van der Waals surface area contributed by atoms with Crippen molar-refractivity contribution in [2.45, 2.75) is 12.5 Å². The van der Waals surface area contributed by atoms with Crippen molar-refractivity contribution in [2.75, 3.05) is 37.4 Å². The van der Waals surface area contributed by atoms with Gasteiger partial charge in [0.15, 0.2) is 0 Å². The number of halogens is 2. The van der Waals surface area contributed by atoms with Gasteiger partial charge in [0.05, 0.1) is 10.5 Å². The number of pyridine rings is 1. The molecule has 4 nitrogen and oxygen atoms in total. The van der Waals surface area contributed by atoms with Crippen molar-refractivity contribution in [3.8, 4) is 11.1 Å². The first-order valence-electron chi connectivity index (χ1n) is 11.1. The van der Waals surface area contributed by atoms with Gasteiger partial charge in [-0.15, -0.1) is 0 Å². The molecule has 3 aromatic carbocycles. The Hall–Kier alpha value is -3.15. The zero-order chi connectivity index (χ0) is 22.9. The summed E-state index contributed by atoms with van der Waals surface area (Å²) in [4.78, 5) is 9.23. The van der Waals surface area contributed by atoms with E-state index in [4.69, 9.17) is 11.6 Å². The summed E-state index contributed by atoms with van der Waals surface area (Å²) in [5.41, 5.74) is 5.78. The normalized spacial score (nSPS) is 16.0. The first-order chi connectivity index (χ1) is 16.0. The van der Waals surface area contributed by atoms with E-state index in [-0.39, 0.29) is 5.02 Å². The highest BCUT2D eigenvalue weighted by Crippen LogP contribution is 2.32. The van der Waals surface area contributed by atoms with Crippen LogP contribution in [0.5, 0.6) is 0 Å². The van der Waals surface area contributed by atoms with E-state index in [9.17, 15) is 4.39 Å². The summed E-state index contributed by atoms with van der Waals surface area (Å²) in [7, 11) is 4.30. The van der Waals surface area contributed by atoms with Gasteiger partial charge in [-0.05, 0) is 86.2 Å². The molecule has 1 aliphatic rings. The number of rotatable bonds is 5. The van der Waals surface area contributed by atoms with E-state index in [1.165, 1.54) is 18.2 Å². The fourth-order valence-corrected chi connectivity index (χ4v) is 4.54. The van der Waals surface area contributed by atoms with Crippen LogP contribution in [0.15, 0.2) is 72.9 Å². The highest BCUT2D eigenvalue weighted by atomic mass is 35.5. The molecule has 1 atom stereocenters.